The van der Waals surface area contributed by atoms with Crippen molar-refractivity contribution in [3.05, 3.63) is 76.6 Å². The van der Waals surface area contributed by atoms with Gasteiger partial charge in [0.25, 0.3) is 0 Å². The molecule has 4 aromatic rings. The number of halogens is 4. The van der Waals surface area contributed by atoms with Crippen LogP contribution in [0.1, 0.15) is 38.7 Å². The van der Waals surface area contributed by atoms with Crippen LogP contribution >= 0.6 is 11.3 Å². The Kier molecular flexibility index (Phi) is 9.55. The third-order valence-corrected chi connectivity index (χ3v) is 6.30. The van der Waals surface area contributed by atoms with Gasteiger partial charge in [-0.05, 0) is 30.2 Å². The summed E-state index contributed by atoms with van der Waals surface area (Å²) >= 11 is 1.15. The van der Waals surface area contributed by atoms with Gasteiger partial charge in [-0.3, -0.25) is 19.6 Å². The molecule has 0 radical (unpaired) electrons. The minimum Gasteiger partial charge on any atom is -0.305 e. The van der Waals surface area contributed by atoms with Crippen LogP contribution < -0.4 is 10.6 Å². The third-order valence-electron chi connectivity index (χ3n) is 5.40. The van der Waals surface area contributed by atoms with E-state index < -0.39 is 23.7 Å². The van der Waals surface area contributed by atoms with E-state index in [2.05, 4.69) is 41.1 Å². The van der Waals surface area contributed by atoms with Crippen LogP contribution in [0.2, 0.25) is 0 Å². The fourth-order valence-electron chi connectivity index (χ4n) is 3.48. The number of hydrogen-bond acceptors (Lipinski definition) is 10. The summed E-state index contributed by atoms with van der Waals surface area (Å²) in [5, 5.41) is 21.7. The number of nitrogens with zero attached hydrogens (tertiary/aromatic N) is 7. The van der Waals surface area contributed by atoms with Crippen LogP contribution in [0, 0.1) is 0 Å². The molecule has 2 N–H and O–H groups in total. The van der Waals surface area contributed by atoms with Gasteiger partial charge in [0.2, 0.25) is 11.0 Å². The van der Waals surface area contributed by atoms with Crippen molar-refractivity contribution in [1.29, 1.82) is 0 Å². The maximum atomic E-state index is 14.6. The van der Waals surface area contributed by atoms with Crippen molar-refractivity contribution in [2.75, 3.05) is 11.9 Å². The number of carbonyl (C=O) groups excluding carboxylic acids is 2. The molecule has 210 valence electrons. The number of ketones is 1. The minimum absolute atomic E-state index is 0.00271. The maximum Gasteiger partial charge on any atom is 0.417 e. The van der Waals surface area contributed by atoms with Gasteiger partial charge in [-0.15, -0.1) is 15.3 Å². The zero-order chi connectivity index (χ0) is 28.5. The van der Waals surface area contributed by atoms with E-state index in [1.165, 1.54) is 17.1 Å². The molecule has 0 saturated heterocycles. The molecule has 0 fully saturated rings. The van der Waals surface area contributed by atoms with Gasteiger partial charge < -0.3 is 10.6 Å². The fraction of sp³-hybridized carbons (Fsp3) is 0.333. The monoisotopic (exact) mass is 577 g/mol. The molecule has 1 unspecified atom stereocenters. The Morgan fingerprint density at radius 3 is 2.75 bits per heavy atom. The number of anilines is 1. The van der Waals surface area contributed by atoms with E-state index in [-0.39, 0.29) is 56.1 Å². The molecule has 4 heterocycles. The minimum atomic E-state index is -4.51. The molecule has 16 heteroatoms. The molecule has 0 aliphatic heterocycles. The second-order valence-electron chi connectivity index (χ2n) is 8.62. The Hall–Kier alpha value is -4.18. The molecular weight excluding hydrogens is 554 g/mol. The zero-order valence-electron chi connectivity index (χ0n) is 20.8. The van der Waals surface area contributed by atoms with E-state index in [0.717, 1.165) is 23.6 Å². The van der Waals surface area contributed by atoms with E-state index in [1.807, 2.05) is 0 Å². The normalized spacial score (nSPS) is 12.3. The molecule has 1 atom stereocenters. The van der Waals surface area contributed by atoms with Gasteiger partial charge in [-0.25, -0.2) is 9.07 Å². The standard InChI is InChI=1S/C24H23F4N9O2S/c25-17(4-5-22-34-35-23(40-22)32-21(39)8-18-3-1-2-6-31-18)13-37-14-19(33-36-37)20(38)12-30-10-15-7-16(11-29-9-15)24(26,27)28/h1-3,6-7,9,11,14,17,30H,4-5,8,10,12-13H2,(H,32,35,39). The highest BCUT2D eigenvalue weighted by Gasteiger charge is 2.31. The number of aryl methyl sites for hydroxylation is 1. The lowest BCUT2D eigenvalue weighted by Crippen LogP contribution is -2.23. The van der Waals surface area contributed by atoms with Crippen LogP contribution in [-0.2, 0) is 36.9 Å². The summed E-state index contributed by atoms with van der Waals surface area (Å²) in [5.41, 5.74) is 0.00163. The van der Waals surface area contributed by atoms with Crippen molar-refractivity contribution < 1.29 is 27.2 Å². The number of amides is 1. The third kappa shape index (κ3) is 8.67. The first-order chi connectivity index (χ1) is 19.2. The van der Waals surface area contributed by atoms with Crippen LogP contribution in [0.5, 0.6) is 0 Å². The highest BCUT2D eigenvalue weighted by atomic mass is 32.1. The largest absolute Gasteiger partial charge is 0.417 e. The Morgan fingerprint density at radius 1 is 1.12 bits per heavy atom. The predicted molar refractivity (Wildman–Crippen MR) is 135 cm³/mol. The zero-order valence-corrected chi connectivity index (χ0v) is 21.6. The van der Waals surface area contributed by atoms with E-state index in [9.17, 15) is 27.2 Å². The summed E-state index contributed by atoms with van der Waals surface area (Å²) in [6, 6.07) is 6.22. The highest BCUT2D eigenvalue weighted by Crippen LogP contribution is 2.28. The van der Waals surface area contributed by atoms with Gasteiger partial charge in [0.15, 0.2) is 5.78 Å². The van der Waals surface area contributed by atoms with Gasteiger partial charge in [-0.2, -0.15) is 13.2 Å². The summed E-state index contributed by atoms with van der Waals surface area (Å²) in [6.07, 6.45) is -0.450. The highest BCUT2D eigenvalue weighted by molar-refractivity contribution is 7.15. The smallest absolute Gasteiger partial charge is 0.305 e. The van der Waals surface area contributed by atoms with Gasteiger partial charge in [0, 0.05) is 37.3 Å². The van der Waals surface area contributed by atoms with Crippen LogP contribution in [0.4, 0.5) is 22.7 Å². The molecule has 0 aliphatic rings. The summed E-state index contributed by atoms with van der Waals surface area (Å²) in [4.78, 5) is 32.1. The lowest BCUT2D eigenvalue weighted by atomic mass is 10.2. The van der Waals surface area contributed by atoms with Gasteiger partial charge >= 0.3 is 6.18 Å². The van der Waals surface area contributed by atoms with E-state index in [4.69, 9.17) is 0 Å². The van der Waals surface area contributed by atoms with Crippen LogP contribution in [0.3, 0.4) is 0 Å². The molecular formula is C24H23F4N9O2S. The Balaban J connectivity index is 1.18. The summed E-state index contributed by atoms with van der Waals surface area (Å²) in [6.45, 7) is -0.355. The van der Waals surface area contributed by atoms with Gasteiger partial charge in [0.05, 0.1) is 31.3 Å². The number of Topliss-reactive ketones (excluding diaryl/α,β-unsaturated/α-hetero) is 1. The molecule has 40 heavy (non-hydrogen) atoms. The van der Waals surface area contributed by atoms with Crippen molar-refractivity contribution in [1.82, 2.24) is 40.5 Å². The van der Waals surface area contributed by atoms with Crippen molar-refractivity contribution in [2.45, 2.75) is 44.7 Å². The quantitative estimate of drug-likeness (QED) is 0.181. The Labute approximate surface area is 229 Å². The number of pyridine rings is 2. The van der Waals surface area contributed by atoms with Crippen molar-refractivity contribution in [3.63, 3.8) is 0 Å². The van der Waals surface area contributed by atoms with Gasteiger partial charge in [-0.1, -0.05) is 22.6 Å². The van der Waals surface area contributed by atoms with E-state index >= 15 is 0 Å². The first-order valence-corrected chi connectivity index (χ1v) is 12.8. The molecule has 0 aromatic carbocycles. The first-order valence-electron chi connectivity index (χ1n) is 12.0. The molecule has 0 aliphatic carbocycles. The lowest BCUT2D eigenvalue weighted by Gasteiger charge is -2.08. The predicted octanol–water partition coefficient (Wildman–Crippen LogP) is 3.06. The summed E-state index contributed by atoms with van der Waals surface area (Å²) < 4.78 is 54.1. The van der Waals surface area contributed by atoms with Crippen molar-refractivity contribution in [2.24, 2.45) is 0 Å². The Morgan fingerprint density at radius 2 is 1.98 bits per heavy atom. The molecule has 0 bridgehead atoms. The number of nitrogens with one attached hydrogen (secondary N) is 2. The van der Waals surface area contributed by atoms with Crippen LogP contribution in [0.25, 0.3) is 0 Å². The Bertz CT molecular complexity index is 1430. The lowest BCUT2D eigenvalue weighted by molar-refractivity contribution is -0.137. The number of carbonyl (C=O) groups is 2. The topological polar surface area (TPSA) is 140 Å². The molecule has 0 saturated carbocycles. The fourth-order valence-corrected chi connectivity index (χ4v) is 4.25. The maximum absolute atomic E-state index is 14.6. The van der Waals surface area contributed by atoms with Crippen molar-refractivity contribution in [3.8, 4) is 0 Å². The number of rotatable bonds is 13. The average molecular weight is 578 g/mol. The van der Waals surface area contributed by atoms with Crippen LogP contribution in [-0.4, -0.2) is 59.6 Å². The van der Waals surface area contributed by atoms with Crippen LogP contribution in [0.15, 0.2) is 49.1 Å². The summed E-state index contributed by atoms with van der Waals surface area (Å²) in [5.74, 6) is -0.739. The van der Waals surface area contributed by atoms with Gasteiger partial charge in [0.1, 0.15) is 16.9 Å². The summed E-state index contributed by atoms with van der Waals surface area (Å²) in [7, 11) is 0. The van der Waals surface area contributed by atoms with Crippen molar-refractivity contribution >= 4 is 28.2 Å². The average Bonchev–Trinajstić information content (AvgIpc) is 3.57. The molecule has 4 aromatic heterocycles. The molecule has 1 amide bonds. The second-order valence-corrected chi connectivity index (χ2v) is 9.68. The SMILES string of the molecule is O=C(Cc1ccccn1)Nc1nnc(CCC(F)Cn2cc(C(=O)CNCc3cncc(C(F)(F)F)c3)nn2)s1. The number of alkyl halides is 4. The second kappa shape index (κ2) is 13.3. The first kappa shape index (κ1) is 28.8. The molecule has 0 spiro atoms. The van der Waals surface area contributed by atoms with E-state index in [0.29, 0.717) is 15.8 Å². The number of hydrogen-bond donors (Lipinski definition) is 2. The van der Waals surface area contributed by atoms with E-state index in [1.54, 1.807) is 24.4 Å². The number of aromatic nitrogens is 7. The molecule has 4 rings (SSSR count). The molecule has 11 nitrogen and oxygen atoms in total.